The van der Waals surface area contributed by atoms with Crippen LogP contribution in [0.1, 0.15) is 34.2 Å². The molecule has 0 aliphatic carbocycles. The van der Waals surface area contributed by atoms with E-state index in [1.807, 2.05) is 51.1 Å². The van der Waals surface area contributed by atoms with Crippen LogP contribution in [0.4, 0.5) is 19.3 Å². The SMILES string of the molecule is Cc1cc(C)c(OC(=O)NC2C=C(F)N=C(Nc3ccc(OCCCN4CCN(C)CC4)c(F)c3)N2Cc2cccc3c2OOCC3)c(C)c1. The maximum Gasteiger partial charge on any atom is 0.414 e. The van der Waals surface area contributed by atoms with Gasteiger partial charge in [-0.15, -0.1) is 0 Å². The lowest BCUT2D eigenvalue weighted by atomic mass is 10.1. The van der Waals surface area contributed by atoms with Crippen LogP contribution in [0.2, 0.25) is 0 Å². The fraction of sp³-hybridized carbons (Fsp3) is 0.405. The number of aryl methyl sites for hydroxylation is 3. The van der Waals surface area contributed by atoms with Crippen LogP contribution in [0, 0.1) is 26.6 Å². The number of rotatable bonds is 10. The van der Waals surface area contributed by atoms with Gasteiger partial charge >= 0.3 is 6.09 Å². The van der Waals surface area contributed by atoms with Crippen molar-refractivity contribution in [2.75, 3.05) is 58.3 Å². The highest BCUT2D eigenvalue weighted by Crippen LogP contribution is 2.31. The molecule has 3 heterocycles. The van der Waals surface area contributed by atoms with Gasteiger partial charge in [0.05, 0.1) is 19.8 Å². The number of carbonyl (C=O) groups excluding carboxylic acids is 1. The van der Waals surface area contributed by atoms with E-state index >= 15 is 8.78 Å². The van der Waals surface area contributed by atoms with Gasteiger partial charge < -0.3 is 34.4 Å². The first kappa shape index (κ1) is 35.1. The zero-order valence-electron chi connectivity index (χ0n) is 28.9. The van der Waals surface area contributed by atoms with Gasteiger partial charge in [-0.25, -0.2) is 9.18 Å². The van der Waals surface area contributed by atoms with Gasteiger partial charge in [-0.2, -0.15) is 14.3 Å². The number of guanidine groups is 1. The first-order valence-electron chi connectivity index (χ1n) is 16.9. The second-order valence-electron chi connectivity index (χ2n) is 12.9. The number of likely N-dealkylation sites (N-methyl/N-ethyl adjacent to an activating group) is 1. The maximum atomic E-state index is 15.3. The second-order valence-corrected chi connectivity index (χ2v) is 12.9. The Balaban J connectivity index is 1.18. The lowest BCUT2D eigenvalue weighted by Gasteiger charge is -2.35. The van der Waals surface area contributed by atoms with Crippen LogP contribution in [0.5, 0.6) is 17.2 Å². The zero-order valence-corrected chi connectivity index (χ0v) is 28.9. The van der Waals surface area contributed by atoms with Crippen molar-refractivity contribution in [1.29, 1.82) is 0 Å². The third-order valence-electron chi connectivity index (χ3n) is 8.96. The number of carbonyl (C=O) groups is 1. The third-order valence-corrected chi connectivity index (χ3v) is 8.96. The van der Waals surface area contributed by atoms with Gasteiger partial charge in [-0.05, 0) is 57.5 Å². The van der Waals surface area contributed by atoms with Gasteiger partial charge in [0.2, 0.25) is 11.9 Å². The van der Waals surface area contributed by atoms with Gasteiger partial charge in [0.25, 0.3) is 0 Å². The van der Waals surface area contributed by atoms with Crippen LogP contribution < -0.4 is 25.0 Å². The van der Waals surface area contributed by atoms with Gasteiger partial charge in [0.1, 0.15) is 11.9 Å². The molecule has 13 heteroatoms. The van der Waals surface area contributed by atoms with Crippen LogP contribution in [-0.4, -0.2) is 85.9 Å². The summed E-state index contributed by atoms with van der Waals surface area (Å²) in [6.07, 6.45) is 0.785. The number of para-hydroxylation sites is 1. The lowest BCUT2D eigenvalue weighted by Crippen LogP contribution is -2.53. The largest absolute Gasteiger partial charge is 0.490 e. The van der Waals surface area contributed by atoms with Crippen molar-refractivity contribution in [2.24, 2.45) is 4.99 Å². The van der Waals surface area contributed by atoms with E-state index in [0.29, 0.717) is 42.4 Å². The predicted octanol–water partition coefficient (Wildman–Crippen LogP) is 5.84. The molecule has 3 aliphatic heterocycles. The van der Waals surface area contributed by atoms with Gasteiger partial charge in [-0.3, -0.25) is 5.32 Å². The molecule has 50 heavy (non-hydrogen) atoms. The van der Waals surface area contributed by atoms with Crippen molar-refractivity contribution in [3.05, 3.63) is 94.2 Å². The molecule has 1 fully saturated rings. The van der Waals surface area contributed by atoms with E-state index in [1.54, 1.807) is 11.0 Å². The molecule has 2 N–H and O–H groups in total. The molecule has 11 nitrogen and oxygen atoms in total. The topological polar surface area (TPSA) is 100 Å². The molecule has 0 aromatic heterocycles. The van der Waals surface area contributed by atoms with Gasteiger partial charge in [0.15, 0.2) is 17.3 Å². The number of amides is 1. The minimum atomic E-state index is -1.04. The minimum Gasteiger partial charge on any atom is -0.490 e. The molecule has 1 saturated heterocycles. The van der Waals surface area contributed by atoms with Crippen LogP contribution in [-0.2, 0) is 17.9 Å². The van der Waals surface area contributed by atoms with Crippen LogP contribution in [0.15, 0.2) is 65.6 Å². The Kier molecular flexibility index (Phi) is 11.2. The van der Waals surface area contributed by atoms with Crippen LogP contribution in [0.25, 0.3) is 0 Å². The summed E-state index contributed by atoms with van der Waals surface area (Å²) in [7, 11) is 2.12. The highest BCUT2D eigenvalue weighted by Gasteiger charge is 2.30. The van der Waals surface area contributed by atoms with E-state index in [0.717, 1.165) is 61.4 Å². The summed E-state index contributed by atoms with van der Waals surface area (Å²) < 4.78 is 41.9. The molecule has 1 unspecified atom stereocenters. The van der Waals surface area contributed by atoms with E-state index in [9.17, 15) is 4.79 Å². The molecule has 3 aliphatic rings. The van der Waals surface area contributed by atoms with Crippen molar-refractivity contribution in [1.82, 2.24) is 20.0 Å². The number of nitrogens with zero attached hydrogens (tertiary/aromatic N) is 4. The van der Waals surface area contributed by atoms with E-state index < -0.39 is 24.0 Å². The number of fused-ring (bicyclic) bond motifs is 1. The molecular formula is C37H44F2N6O5. The summed E-state index contributed by atoms with van der Waals surface area (Å²) in [5, 5.41) is 5.81. The number of anilines is 1. The summed E-state index contributed by atoms with van der Waals surface area (Å²) in [6, 6.07) is 14.0. The summed E-state index contributed by atoms with van der Waals surface area (Å²) in [5.74, 6) is -0.287. The molecule has 266 valence electrons. The Morgan fingerprint density at radius 1 is 1.04 bits per heavy atom. The van der Waals surface area contributed by atoms with E-state index in [1.165, 1.54) is 18.2 Å². The lowest BCUT2D eigenvalue weighted by molar-refractivity contribution is -0.215. The van der Waals surface area contributed by atoms with Crippen molar-refractivity contribution in [2.45, 2.75) is 46.3 Å². The Hall–Kier alpha value is -4.72. The van der Waals surface area contributed by atoms with Crippen molar-refractivity contribution >= 4 is 17.7 Å². The first-order chi connectivity index (χ1) is 24.1. The normalized spacial score (nSPS) is 18.0. The number of ether oxygens (including phenoxy) is 2. The highest BCUT2D eigenvalue weighted by molar-refractivity contribution is 5.95. The predicted molar refractivity (Wildman–Crippen MR) is 187 cm³/mol. The van der Waals surface area contributed by atoms with E-state index in [-0.39, 0.29) is 18.3 Å². The molecule has 6 rings (SSSR count). The maximum absolute atomic E-state index is 15.3. The monoisotopic (exact) mass is 690 g/mol. The molecule has 0 saturated carbocycles. The summed E-state index contributed by atoms with van der Waals surface area (Å²) in [4.78, 5) is 34.5. The number of benzene rings is 3. The Labute approximate surface area is 291 Å². The number of nitrogens with one attached hydrogen (secondary N) is 2. The molecule has 0 spiro atoms. The quantitative estimate of drug-likeness (QED) is 0.154. The Morgan fingerprint density at radius 3 is 2.58 bits per heavy atom. The van der Waals surface area contributed by atoms with Crippen molar-refractivity contribution < 1.29 is 32.8 Å². The molecule has 3 aromatic rings. The molecule has 3 aromatic carbocycles. The molecular weight excluding hydrogens is 646 g/mol. The summed E-state index contributed by atoms with van der Waals surface area (Å²) in [5.41, 5.74) is 4.60. The van der Waals surface area contributed by atoms with Crippen LogP contribution >= 0.6 is 0 Å². The molecule has 0 radical (unpaired) electrons. The van der Waals surface area contributed by atoms with E-state index in [2.05, 4.69) is 32.5 Å². The Morgan fingerprint density at radius 2 is 1.82 bits per heavy atom. The van der Waals surface area contributed by atoms with Crippen LogP contribution in [0.3, 0.4) is 0 Å². The van der Waals surface area contributed by atoms with Gasteiger partial charge in [0, 0.05) is 68.1 Å². The number of hydrogen-bond donors (Lipinski definition) is 2. The standard InChI is InChI=1S/C37H44F2N6O5/c1-24-19-25(2)34(26(3)20-24)49-37(46)42-33-22-32(39)41-36(45(33)23-28-8-5-7-27-11-18-48-50-35(27)28)40-29-9-10-31(30(38)21-29)47-17-6-12-44-15-13-43(4)14-16-44/h5,7-10,19-22,33H,6,11-18,23H2,1-4H3,(H,40,41)(H,42,46). The molecule has 1 atom stereocenters. The summed E-state index contributed by atoms with van der Waals surface area (Å²) >= 11 is 0. The number of piperazine rings is 1. The zero-order chi connectivity index (χ0) is 35.2. The number of halogens is 2. The number of aliphatic imine (C=N–C) groups is 1. The third kappa shape index (κ3) is 8.70. The summed E-state index contributed by atoms with van der Waals surface area (Å²) in [6.45, 7) is 11.6. The smallest absolute Gasteiger partial charge is 0.414 e. The second kappa shape index (κ2) is 15.9. The fourth-order valence-corrected chi connectivity index (χ4v) is 6.39. The van der Waals surface area contributed by atoms with E-state index in [4.69, 9.17) is 19.2 Å². The number of hydrogen-bond acceptors (Lipinski definition) is 10. The first-order valence-corrected chi connectivity index (χ1v) is 16.9. The van der Waals surface area contributed by atoms with Gasteiger partial charge in [-0.1, -0.05) is 35.9 Å². The van der Waals surface area contributed by atoms with Crippen molar-refractivity contribution in [3.8, 4) is 17.2 Å². The van der Waals surface area contributed by atoms with Crippen molar-refractivity contribution in [3.63, 3.8) is 0 Å². The molecule has 1 amide bonds. The Bertz CT molecular complexity index is 1740. The highest BCUT2D eigenvalue weighted by atomic mass is 19.1. The minimum absolute atomic E-state index is 0.0348. The average Bonchev–Trinajstić information content (AvgIpc) is 3.08. The fourth-order valence-electron chi connectivity index (χ4n) is 6.39. The average molecular weight is 691 g/mol. The molecule has 0 bridgehead atoms.